The highest BCUT2D eigenvalue weighted by molar-refractivity contribution is 5.92. The monoisotopic (exact) mass is 266 g/mol. The number of hydrogen-bond donors (Lipinski definition) is 1. The molecule has 2 rings (SSSR count). The van der Waals surface area contributed by atoms with Gasteiger partial charge in [0.15, 0.2) is 5.69 Å². The molecule has 0 aromatic carbocycles. The van der Waals surface area contributed by atoms with Crippen molar-refractivity contribution in [3.8, 4) is 0 Å². The van der Waals surface area contributed by atoms with Crippen LogP contribution < -0.4 is 5.32 Å². The molecule has 0 bridgehead atoms. The molecule has 0 aliphatic heterocycles. The summed E-state index contributed by atoms with van der Waals surface area (Å²) in [4.78, 5) is 22.6. The first-order valence-corrected chi connectivity index (χ1v) is 6.52. The molecule has 19 heavy (non-hydrogen) atoms. The number of methoxy groups -OCH3 is 1. The highest BCUT2D eigenvalue weighted by Crippen LogP contribution is 2.40. The first kappa shape index (κ1) is 13.6. The second kappa shape index (κ2) is 6.36. The lowest BCUT2D eigenvalue weighted by atomic mass is 10.2. The van der Waals surface area contributed by atoms with E-state index < -0.39 is 0 Å². The zero-order valence-electron chi connectivity index (χ0n) is 11.0. The van der Waals surface area contributed by atoms with E-state index in [1.165, 1.54) is 7.11 Å². The van der Waals surface area contributed by atoms with Gasteiger partial charge in [-0.05, 0) is 25.7 Å². The molecule has 1 aromatic heterocycles. The SMILES string of the molecule is COC(=O)CCCCNC(=O)c1cc(C2CC2)on1. The maximum atomic E-state index is 11.7. The Labute approximate surface area is 111 Å². The summed E-state index contributed by atoms with van der Waals surface area (Å²) in [5, 5.41) is 6.51. The summed E-state index contributed by atoms with van der Waals surface area (Å²) in [7, 11) is 1.37. The minimum atomic E-state index is -0.228. The lowest BCUT2D eigenvalue weighted by Gasteiger charge is -2.02. The first-order chi connectivity index (χ1) is 9.20. The first-order valence-electron chi connectivity index (χ1n) is 6.52. The van der Waals surface area contributed by atoms with Crippen molar-refractivity contribution in [3.63, 3.8) is 0 Å². The number of amides is 1. The van der Waals surface area contributed by atoms with Gasteiger partial charge in [-0.1, -0.05) is 5.16 Å². The summed E-state index contributed by atoms with van der Waals surface area (Å²) in [5.74, 6) is 0.801. The van der Waals surface area contributed by atoms with Crippen LogP contribution in [-0.2, 0) is 9.53 Å². The van der Waals surface area contributed by atoms with Gasteiger partial charge in [0.1, 0.15) is 5.76 Å². The van der Waals surface area contributed by atoms with Crippen LogP contribution in [0.5, 0.6) is 0 Å². The smallest absolute Gasteiger partial charge is 0.305 e. The lowest BCUT2D eigenvalue weighted by molar-refractivity contribution is -0.140. The number of nitrogens with zero attached hydrogens (tertiary/aromatic N) is 1. The predicted octanol–water partition coefficient (Wildman–Crippen LogP) is 1.63. The molecule has 1 aliphatic rings. The van der Waals surface area contributed by atoms with Gasteiger partial charge in [-0.25, -0.2) is 0 Å². The average molecular weight is 266 g/mol. The quantitative estimate of drug-likeness (QED) is 0.599. The topological polar surface area (TPSA) is 81.4 Å². The van der Waals surface area contributed by atoms with E-state index in [1.54, 1.807) is 6.07 Å². The fourth-order valence-corrected chi connectivity index (χ4v) is 1.75. The van der Waals surface area contributed by atoms with E-state index in [0.717, 1.165) is 25.0 Å². The Kier molecular flexibility index (Phi) is 4.54. The van der Waals surface area contributed by atoms with Crippen LogP contribution in [0.15, 0.2) is 10.6 Å². The minimum Gasteiger partial charge on any atom is -0.469 e. The summed E-state index contributed by atoms with van der Waals surface area (Å²) in [5.41, 5.74) is 0.329. The van der Waals surface area contributed by atoms with Crippen LogP contribution in [0.1, 0.15) is 54.3 Å². The molecule has 6 heteroatoms. The Morgan fingerprint density at radius 2 is 2.26 bits per heavy atom. The summed E-state index contributed by atoms with van der Waals surface area (Å²) in [6, 6.07) is 1.71. The van der Waals surface area contributed by atoms with Gasteiger partial charge in [0.2, 0.25) is 0 Å². The predicted molar refractivity (Wildman–Crippen MR) is 66.7 cm³/mol. The number of carbonyl (C=O) groups is 2. The number of esters is 1. The largest absolute Gasteiger partial charge is 0.469 e. The molecule has 1 aliphatic carbocycles. The van der Waals surface area contributed by atoms with E-state index in [1.807, 2.05) is 0 Å². The van der Waals surface area contributed by atoms with Crippen molar-refractivity contribution >= 4 is 11.9 Å². The van der Waals surface area contributed by atoms with Crippen LogP contribution in [0, 0.1) is 0 Å². The van der Waals surface area contributed by atoms with Gasteiger partial charge in [0.25, 0.3) is 5.91 Å². The molecule has 0 spiro atoms. The number of nitrogens with one attached hydrogen (secondary N) is 1. The van der Waals surface area contributed by atoms with E-state index in [0.29, 0.717) is 31.0 Å². The molecule has 6 nitrogen and oxygen atoms in total. The third kappa shape index (κ3) is 4.08. The molecule has 1 N–H and O–H groups in total. The summed E-state index contributed by atoms with van der Waals surface area (Å²) in [6.07, 6.45) is 4.03. The summed E-state index contributed by atoms with van der Waals surface area (Å²) in [6.45, 7) is 0.515. The highest BCUT2D eigenvalue weighted by Gasteiger charge is 2.28. The van der Waals surface area contributed by atoms with E-state index in [2.05, 4.69) is 15.2 Å². The van der Waals surface area contributed by atoms with E-state index in [4.69, 9.17) is 4.52 Å². The van der Waals surface area contributed by atoms with Crippen molar-refractivity contribution in [3.05, 3.63) is 17.5 Å². The lowest BCUT2D eigenvalue weighted by Crippen LogP contribution is -2.24. The summed E-state index contributed by atoms with van der Waals surface area (Å²) >= 11 is 0. The second-order valence-electron chi connectivity index (χ2n) is 4.68. The van der Waals surface area contributed by atoms with Crippen LogP contribution in [0.3, 0.4) is 0 Å². The summed E-state index contributed by atoms with van der Waals surface area (Å²) < 4.78 is 9.64. The molecule has 0 radical (unpaired) electrons. The second-order valence-corrected chi connectivity index (χ2v) is 4.68. The molecular formula is C13H18N2O4. The molecule has 1 fully saturated rings. The van der Waals surface area contributed by atoms with Gasteiger partial charge in [-0.2, -0.15) is 0 Å². The number of rotatable bonds is 7. The average Bonchev–Trinajstić information content (AvgIpc) is 3.15. The highest BCUT2D eigenvalue weighted by atomic mass is 16.5. The van der Waals surface area contributed by atoms with E-state index >= 15 is 0 Å². The molecule has 104 valence electrons. The number of ether oxygens (including phenoxy) is 1. The van der Waals surface area contributed by atoms with Gasteiger partial charge in [-0.15, -0.1) is 0 Å². The van der Waals surface area contributed by atoms with Gasteiger partial charge in [0.05, 0.1) is 7.11 Å². The third-order valence-electron chi connectivity index (χ3n) is 3.06. The fourth-order valence-electron chi connectivity index (χ4n) is 1.75. The molecule has 0 unspecified atom stereocenters. The Morgan fingerprint density at radius 3 is 2.95 bits per heavy atom. The number of carbonyl (C=O) groups excluding carboxylic acids is 2. The van der Waals surface area contributed by atoms with Crippen molar-refractivity contribution in [2.75, 3.05) is 13.7 Å². The zero-order chi connectivity index (χ0) is 13.7. The van der Waals surface area contributed by atoms with Gasteiger partial charge in [0, 0.05) is 24.9 Å². The molecule has 0 saturated heterocycles. The van der Waals surface area contributed by atoms with Crippen molar-refractivity contribution < 1.29 is 18.8 Å². The van der Waals surface area contributed by atoms with Crippen molar-refractivity contribution in [2.24, 2.45) is 0 Å². The maximum absolute atomic E-state index is 11.7. The molecule has 1 aromatic rings. The van der Waals surface area contributed by atoms with Gasteiger partial charge in [-0.3, -0.25) is 9.59 Å². The van der Waals surface area contributed by atoms with Crippen LogP contribution in [0.2, 0.25) is 0 Å². The molecule has 1 saturated carbocycles. The third-order valence-corrected chi connectivity index (χ3v) is 3.06. The van der Waals surface area contributed by atoms with Crippen LogP contribution in [0.25, 0.3) is 0 Å². The molecule has 1 amide bonds. The Balaban J connectivity index is 1.64. The van der Waals surface area contributed by atoms with Crippen LogP contribution >= 0.6 is 0 Å². The molecule has 0 atom stereocenters. The Morgan fingerprint density at radius 1 is 1.47 bits per heavy atom. The van der Waals surface area contributed by atoms with Crippen LogP contribution in [-0.4, -0.2) is 30.7 Å². The van der Waals surface area contributed by atoms with Crippen LogP contribution in [0.4, 0.5) is 0 Å². The van der Waals surface area contributed by atoms with Crippen molar-refractivity contribution in [2.45, 2.75) is 38.0 Å². The van der Waals surface area contributed by atoms with Crippen molar-refractivity contribution in [1.29, 1.82) is 0 Å². The van der Waals surface area contributed by atoms with Gasteiger partial charge < -0.3 is 14.6 Å². The fraction of sp³-hybridized carbons (Fsp3) is 0.615. The van der Waals surface area contributed by atoms with E-state index in [9.17, 15) is 9.59 Å². The normalized spacial score (nSPS) is 14.2. The number of hydrogen-bond acceptors (Lipinski definition) is 5. The molecular weight excluding hydrogens is 248 g/mol. The Bertz CT molecular complexity index is 451. The van der Waals surface area contributed by atoms with Crippen molar-refractivity contribution in [1.82, 2.24) is 10.5 Å². The standard InChI is InChI=1S/C13H18N2O4/c1-18-12(16)4-2-3-7-14-13(17)10-8-11(19-15-10)9-5-6-9/h8-9H,2-7H2,1H3,(H,14,17). The number of unbranched alkanes of at least 4 members (excludes halogenated alkanes) is 1. The minimum absolute atomic E-state index is 0.225. The Hall–Kier alpha value is -1.85. The van der Waals surface area contributed by atoms with Gasteiger partial charge >= 0.3 is 5.97 Å². The molecule has 1 heterocycles. The maximum Gasteiger partial charge on any atom is 0.305 e. The number of aromatic nitrogens is 1. The van der Waals surface area contributed by atoms with E-state index in [-0.39, 0.29) is 11.9 Å². The zero-order valence-corrected chi connectivity index (χ0v) is 11.0.